The van der Waals surface area contributed by atoms with Crippen LogP contribution < -0.4 is 4.90 Å². The molecule has 4 nitrogen and oxygen atoms in total. The van der Waals surface area contributed by atoms with Crippen molar-refractivity contribution in [3.8, 4) is 0 Å². The quantitative estimate of drug-likeness (QED) is 0.668. The number of aliphatic hydroxyl groups is 1. The lowest BCUT2D eigenvalue weighted by atomic mass is 9.66. The Morgan fingerprint density at radius 3 is 2.35 bits per heavy atom. The van der Waals surface area contributed by atoms with Crippen LogP contribution in [0, 0.1) is 5.92 Å². The van der Waals surface area contributed by atoms with E-state index >= 15 is 0 Å². The fraction of sp³-hybridized carbons (Fsp3) is 0.500. The SMILES string of the molecule is CCN(CC)c1ccc([C@H]2C3CCCCC3(O)CCN2C(=O)c2ccccc2)cc1.Cl. The third kappa shape index (κ3) is 4.61. The normalized spacial score (nSPS) is 25.3. The number of halogens is 1. The Balaban J connectivity index is 0.00000272. The second-order valence-electron chi connectivity index (χ2n) is 8.78. The van der Waals surface area contributed by atoms with Crippen molar-refractivity contribution >= 4 is 24.0 Å². The van der Waals surface area contributed by atoms with Crippen molar-refractivity contribution in [1.82, 2.24) is 4.90 Å². The van der Waals surface area contributed by atoms with Gasteiger partial charge in [0.25, 0.3) is 5.91 Å². The second kappa shape index (κ2) is 10.1. The van der Waals surface area contributed by atoms with Crippen LogP contribution in [0.25, 0.3) is 0 Å². The van der Waals surface area contributed by atoms with E-state index in [1.54, 1.807) is 0 Å². The maximum absolute atomic E-state index is 13.5. The van der Waals surface area contributed by atoms with Gasteiger partial charge in [-0.1, -0.05) is 43.2 Å². The van der Waals surface area contributed by atoms with Gasteiger partial charge >= 0.3 is 0 Å². The van der Waals surface area contributed by atoms with Crippen LogP contribution in [0.1, 0.15) is 67.9 Å². The molecule has 0 spiro atoms. The summed E-state index contributed by atoms with van der Waals surface area (Å²) in [6, 6.07) is 18.2. The van der Waals surface area contributed by atoms with Gasteiger partial charge in [-0.3, -0.25) is 4.79 Å². The molecular formula is C26H35ClN2O2. The molecule has 2 aromatic rings. The molecule has 4 rings (SSSR count). The van der Waals surface area contributed by atoms with E-state index in [1.165, 1.54) is 5.69 Å². The van der Waals surface area contributed by atoms with Gasteiger partial charge in [-0.05, 0) is 62.9 Å². The molecule has 31 heavy (non-hydrogen) atoms. The summed E-state index contributed by atoms with van der Waals surface area (Å²) in [6.45, 7) is 6.88. The van der Waals surface area contributed by atoms with Gasteiger partial charge in [0.1, 0.15) is 0 Å². The Labute approximate surface area is 192 Å². The third-order valence-electron chi connectivity index (χ3n) is 7.21. The molecule has 1 saturated carbocycles. The molecule has 1 saturated heterocycles. The number of hydrogen-bond donors (Lipinski definition) is 1. The number of carbonyl (C=O) groups is 1. The molecule has 3 atom stereocenters. The summed E-state index contributed by atoms with van der Waals surface area (Å²) in [7, 11) is 0. The molecule has 2 fully saturated rings. The van der Waals surface area contributed by atoms with E-state index in [1.807, 2.05) is 35.2 Å². The molecule has 0 radical (unpaired) electrons. The Morgan fingerprint density at radius 1 is 1.03 bits per heavy atom. The molecule has 2 aliphatic rings. The monoisotopic (exact) mass is 442 g/mol. The summed E-state index contributed by atoms with van der Waals surface area (Å²) in [4.78, 5) is 17.8. The highest BCUT2D eigenvalue weighted by atomic mass is 35.5. The number of rotatable bonds is 5. The number of piperidine rings is 1. The zero-order valence-electron chi connectivity index (χ0n) is 18.7. The summed E-state index contributed by atoms with van der Waals surface area (Å²) in [5, 5.41) is 11.5. The fourth-order valence-electron chi connectivity index (χ4n) is 5.54. The number of anilines is 1. The van der Waals surface area contributed by atoms with Gasteiger partial charge < -0.3 is 14.9 Å². The maximum atomic E-state index is 13.5. The maximum Gasteiger partial charge on any atom is 0.254 e. The Hall–Kier alpha value is -2.04. The van der Waals surface area contributed by atoms with Gasteiger partial charge in [0, 0.05) is 36.8 Å². The summed E-state index contributed by atoms with van der Waals surface area (Å²) in [5.74, 6) is 0.160. The fourth-order valence-corrected chi connectivity index (χ4v) is 5.54. The van der Waals surface area contributed by atoms with Crippen LogP contribution in [0.5, 0.6) is 0 Å². The number of amides is 1. The molecule has 1 aliphatic carbocycles. The van der Waals surface area contributed by atoms with Gasteiger partial charge in [0.2, 0.25) is 0 Å². The van der Waals surface area contributed by atoms with Crippen LogP contribution in [0.15, 0.2) is 54.6 Å². The average molecular weight is 443 g/mol. The van der Waals surface area contributed by atoms with Crippen molar-refractivity contribution in [1.29, 1.82) is 0 Å². The van der Waals surface area contributed by atoms with Crippen LogP contribution in [-0.4, -0.2) is 41.1 Å². The van der Waals surface area contributed by atoms with Crippen LogP contribution in [0.2, 0.25) is 0 Å². The molecular weight excluding hydrogens is 408 g/mol. The molecule has 0 aromatic heterocycles. The minimum Gasteiger partial charge on any atom is -0.389 e. The Bertz CT molecular complexity index is 853. The molecule has 1 amide bonds. The lowest BCUT2D eigenvalue weighted by molar-refractivity contribution is -0.115. The largest absolute Gasteiger partial charge is 0.389 e. The molecule has 5 heteroatoms. The standard InChI is InChI=1S/C26H34N2O2.ClH/c1-3-27(4-2)22-15-13-20(14-16-22)24-23-12-8-9-17-26(23,30)18-19-28(24)25(29)21-10-6-5-7-11-21;/h5-7,10-11,13-16,23-24,30H,3-4,8-9,12,17-19H2,1-2H3;1H/t23?,24-,26?;/m0./s1. The van der Waals surface area contributed by atoms with Gasteiger partial charge in [-0.2, -0.15) is 0 Å². The first-order chi connectivity index (χ1) is 14.6. The third-order valence-corrected chi connectivity index (χ3v) is 7.21. The van der Waals surface area contributed by atoms with Crippen molar-refractivity contribution in [2.45, 2.75) is 57.6 Å². The lowest BCUT2D eigenvalue weighted by Gasteiger charge is -2.52. The minimum absolute atomic E-state index is 0. The lowest BCUT2D eigenvalue weighted by Crippen LogP contribution is -2.56. The molecule has 2 unspecified atom stereocenters. The van der Waals surface area contributed by atoms with E-state index in [9.17, 15) is 9.90 Å². The van der Waals surface area contributed by atoms with Crippen molar-refractivity contribution in [3.63, 3.8) is 0 Å². The predicted molar refractivity (Wildman–Crippen MR) is 129 cm³/mol. The Kier molecular flexibility index (Phi) is 7.66. The summed E-state index contributed by atoms with van der Waals surface area (Å²) >= 11 is 0. The average Bonchev–Trinajstić information content (AvgIpc) is 2.79. The van der Waals surface area contributed by atoms with E-state index in [0.29, 0.717) is 13.0 Å². The number of likely N-dealkylation sites (tertiary alicyclic amines) is 1. The van der Waals surface area contributed by atoms with Gasteiger partial charge in [0.05, 0.1) is 11.6 Å². The first-order valence-electron chi connectivity index (χ1n) is 11.5. The van der Waals surface area contributed by atoms with Crippen LogP contribution in [0.4, 0.5) is 5.69 Å². The first-order valence-corrected chi connectivity index (χ1v) is 11.5. The van der Waals surface area contributed by atoms with E-state index in [4.69, 9.17) is 0 Å². The van der Waals surface area contributed by atoms with Crippen molar-refractivity contribution < 1.29 is 9.90 Å². The molecule has 168 valence electrons. The van der Waals surface area contributed by atoms with Crippen LogP contribution in [-0.2, 0) is 0 Å². The number of benzene rings is 2. The van der Waals surface area contributed by atoms with Crippen molar-refractivity contribution in [2.24, 2.45) is 5.92 Å². The number of fused-ring (bicyclic) bond motifs is 1. The molecule has 1 aliphatic heterocycles. The summed E-state index contributed by atoms with van der Waals surface area (Å²) in [6.07, 6.45) is 4.68. The first kappa shape index (κ1) is 23.6. The topological polar surface area (TPSA) is 43.8 Å². The Morgan fingerprint density at radius 2 is 1.71 bits per heavy atom. The second-order valence-corrected chi connectivity index (χ2v) is 8.78. The molecule has 1 N–H and O–H groups in total. The van der Waals surface area contributed by atoms with Crippen LogP contribution >= 0.6 is 12.4 Å². The van der Waals surface area contributed by atoms with E-state index in [-0.39, 0.29) is 30.3 Å². The molecule has 1 heterocycles. The van der Waals surface area contributed by atoms with Crippen molar-refractivity contribution in [2.75, 3.05) is 24.5 Å². The highest BCUT2D eigenvalue weighted by molar-refractivity contribution is 5.94. The van der Waals surface area contributed by atoms with E-state index < -0.39 is 5.60 Å². The zero-order valence-corrected chi connectivity index (χ0v) is 19.5. The van der Waals surface area contributed by atoms with E-state index in [0.717, 1.165) is 49.9 Å². The molecule has 0 bridgehead atoms. The summed E-state index contributed by atoms with van der Waals surface area (Å²) in [5.41, 5.74) is 2.41. The highest BCUT2D eigenvalue weighted by Crippen LogP contribution is 2.49. The van der Waals surface area contributed by atoms with E-state index in [2.05, 4.69) is 43.0 Å². The summed E-state index contributed by atoms with van der Waals surface area (Å²) < 4.78 is 0. The van der Waals surface area contributed by atoms with Crippen LogP contribution in [0.3, 0.4) is 0 Å². The van der Waals surface area contributed by atoms with Crippen molar-refractivity contribution in [3.05, 3.63) is 65.7 Å². The highest BCUT2D eigenvalue weighted by Gasteiger charge is 2.50. The van der Waals surface area contributed by atoms with Gasteiger partial charge in [-0.15, -0.1) is 12.4 Å². The number of carbonyl (C=O) groups excluding carboxylic acids is 1. The number of hydrogen-bond acceptors (Lipinski definition) is 3. The predicted octanol–water partition coefficient (Wildman–Crippen LogP) is 5.46. The molecule has 2 aromatic carbocycles. The minimum atomic E-state index is -0.659. The smallest absolute Gasteiger partial charge is 0.254 e. The number of nitrogens with zero attached hydrogens (tertiary/aromatic N) is 2. The van der Waals surface area contributed by atoms with Gasteiger partial charge in [-0.25, -0.2) is 0 Å². The zero-order chi connectivity index (χ0) is 21.1. The van der Waals surface area contributed by atoms with Gasteiger partial charge in [0.15, 0.2) is 0 Å².